The van der Waals surface area contributed by atoms with E-state index in [0.29, 0.717) is 15.6 Å². The number of allylic oxidation sites excluding steroid dienone is 1. The second kappa shape index (κ2) is 5.76. The van der Waals surface area contributed by atoms with Gasteiger partial charge in [-0.05, 0) is 42.0 Å². The van der Waals surface area contributed by atoms with Crippen molar-refractivity contribution in [3.05, 3.63) is 75.9 Å². The molecule has 1 N–H and O–H groups in total. The van der Waals surface area contributed by atoms with Crippen molar-refractivity contribution in [2.45, 2.75) is 0 Å². The summed E-state index contributed by atoms with van der Waals surface area (Å²) in [5.74, 6) is -0.0801. The molecule has 3 rings (SSSR count). The summed E-state index contributed by atoms with van der Waals surface area (Å²) in [6.45, 7) is 0. The Morgan fingerprint density at radius 1 is 1.10 bits per heavy atom. The molecule has 0 bridgehead atoms. The first-order valence-electron chi connectivity index (χ1n) is 6.39. The fourth-order valence-electron chi connectivity index (χ4n) is 2.17. The zero-order valence-electron chi connectivity index (χ0n) is 10.9. The van der Waals surface area contributed by atoms with E-state index in [0.717, 1.165) is 16.5 Å². The summed E-state index contributed by atoms with van der Waals surface area (Å²) in [6.07, 6.45) is 4.91. The maximum Gasteiger partial charge on any atom is 0.188 e. The van der Waals surface area contributed by atoms with Gasteiger partial charge in [0.1, 0.15) is 0 Å². The van der Waals surface area contributed by atoms with Gasteiger partial charge in [0, 0.05) is 32.7 Å². The first-order chi connectivity index (χ1) is 10.1. The predicted octanol–water partition coefficient (Wildman–Crippen LogP) is 5.37. The number of halogens is 2. The number of para-hydroxylation sites is 1. The van der Waals surface area contributed by atoms with E-state index in [4.69, 9.17) is 23.2 Å². The van der Waals surface area contributed by atoms with Crippen LogP contribution in [0.4, 0.5) is 0 Å². The van der Waals surface area contributed by atoms with Crippen LogP contribution in [0.5, 0.6) is 0 Å². The second-order valence-electron chi connectivity index (χ2n) is 4.61. The standard InChI is InChI=1S/C17H11Cl2NO/c18-12-6-7-15(19)11(9-12)5-8-17(21)14-10-20-16-4-2-1-3-13(14)16/h1-10,20H/b8-5+. The number of aromatic nitrogens is 1. The molecule has 0 unspecified atom stereocenters. The number of ketones is 1. The zero-order chi connectivity index (χ0) is 14.8. The summed E-state index contributed by atoms with van der Waals surface area (Å²) in [7, 11) is 0. The lowest BCUT2D eigenvalue weighted by Crippen LogP contribution is -1.92. The van der Waals surface area contributed by atoms with Crippen molar-refractivity contribution >= 4 is 46.0 Å². The van der Waals surface area contributed by atoms with Crippen molar-refractivity contribution in [2.24, 2.45) is 0 Å². The monoisotopic (exact) mass is 315 g/mol. The number of hydrogen-bond donors (Lipinski definition) is 1. The van der Waals surface area contributed by atoms with Gasteiger partial charge in [-0.15, -0.1) is 0 Å². The normalized spacial score (nSPS) is 11.3. The molecule has 0 atom stereocenters. The Morgan fingerprint density at radius 2 is 1.90 bits per heavy atom. The number of nitrogens with one attached hydrogen (secondary N) is 1. The molecular weight excluding hydrogens is 305 g/mol. The molecule has 2 aromatic carbocycles. The Hall–Kier alpha value is -2.03. The van der Waals surface area contributed by atoms with Crippen LogP contribution in [0.1, 0.15) is 15.9 Å². The first kappa shape index (κ1) is 13.9. The fraction of sp³-hybridized carbons (Fsp3) is 0. The van der Waals surface area contributed by atoms with Crippen LogP contribution in [0.15, 0.2) is 54.7 Å². The van der Waals surface area contributed by atoms with Gasteiger partial charge in [0.25, 0.3) is 0 Å². The molecule has 0 amide bonds. The van der Waals surface area contributed by atoms with Gasteiger partial charge >= 0.3 is 0 Å². The first-order valence-corrected chi connectivity index (χ1v) is 7.14. The van der Waals surface area contributed by atoms with E-state index in [2.05, 4.69) is 4.98 Å². The third-order valence-corrected chi connectivity index (χ3v) is 3.81. The van der Waals surface area contributed by atoms with E-state index >= 15 is 0 Å². The van der Waals surface area contributed by atoms with Crippen molar-refractivity contribution in [3.8, 4) is 0 Å². The fourth-order valence-corrected chi connectivity index (χ4v) is 2.53. The summed E-state index contributed by atoms with van der Waals surface area (Å²) in [6, 6.07) is 12.8. The number of hydrogen-bond acceptors (Lipinski definition) is 1. The minimum Gasteiger partial charge on any atom is -0.360 e. The van der Waals surface area contributed by atoms with E-state index < -0.39 is 0 Å². The molecule has 1 heterocycles. The number of benzene rings is 2. The largest absolute Gasteiger partial charge is 0.360 e. The molecule has 21 heavy (non-hydrogen) atoms. The van der Waals surface area contributed by atoms with Crippen LogP contribution in [0.2, 0.25) is 10.0 Å². The molecule has 0 aliphatic rings. The van der Waals surface area contributed by atoms with Gasteiger partial charge in [0.2, 0.25) is 0 Å². The van der Waals surface area contributed by atoms with Crippen LogP contribution in [0, 0.1) is 0 Å². The highest BCUT2D eigenvalue weighted by Crippen LogP contribution is 2.23. The third-order valence-electron chi connectivity index (χ3n) is 3.23. The quantitative estimate of drug-likeness (QED) is 0.511. The minimum atomic E-state index is -0.0801. The van der Waals surface area contributed by atoms with Gasteiger partial charge in [0.15, 0.2) is 5.78 Å². The van der Waals surface area contributed by atoms with E-state index in [1.165, 1.54) is 6.08 Å². The van der Waals surface area contributed by atoms with Crippen LogP contribution in [-0.2, 0) is 0 Å². The van der Waals surface area contributed by atoms with Crippen LogP contribution in [-0.4, -0.2) is 10.8 Å². The van der Waals surface area contributed by atoms with Gasteiger partial charge in [-0.1, -0.05) is 41.4 Å². The van der Waals surface area contributed by atoms with Gasteiger partial charge in [-0.3, -0.25) is 4.79 Å². The molecule has 0 saturated heterocycles. The summed E-state index contributed by atoms with van der Waals surface area (Å²) in [5, 5.41) is 2.05. The molecule has 0 fully saturated rings. The Morgan fingerprint density at radius 3 is 2.76 bits per heavy atom. The number of H-pyrrole nitrogens is 1. The lowest BCUT2D eigenvalue weighted by atomic mass is 10.1. The highest BCUT2D eigenvalue weighted by atomic mass is 35.5. The molecule has 0 saturated carbocycles. The molecular formula is C17H11Cl2NO. The van der Waals surface area contributed by atoms with E-state index in [1.807, 2.05) is 24.3 Å². The number of carbonyl (C=O) groups is 1. The van der Waals surface area contributed by atoms with Crippen molar-refractivity contribution < 1.29 is 4.79 Å². The minimum absolute atomic E-state index is 0.0801. The maximum atomic E-state index is 12.3. The number of fused-ring (bicyclic) bond motifs is 1. The maximum absolute atomic E-state index is 12.3. The molecule has 104 valence electrons. The Labute approximate surface area is 132 Å². The number of rotatable bonds is 3. The number of carbonyl (C=O) groups excluding carboxylic acids is 1. The van der Waals surface area contributed by atoms with Crippen LogP contribution < -0.4 is 0 Å². The lowest BCUT2D eigenvalue weighted by Gasteiger charge is -1.98. The molecule has 0 aliphatic heterocycles. The van der Waals surface area contributed by atoms with Crippen molar-refractivity contribution in [1.82, 2.24) is 4.98 Å². The molecule has 0 radical (unpaired) electrons. The van der Waals surface area contributed by atoms with E-state index in [9.17, 15) is 4.79 Å². The Balaban J connectivity index is 1.92. The zero-order valence-corrected chi connectivity index (χ0v) is 12.4. The Bertz CT molecular complexity index is 849. The highest BCUT2D eigenvalue weighted by molar-refractivity contribution is 6.34. The van der Waals surface area contributed by atoms with Gasteiger partial charge in [-0.2, -0.15) is 0 Å². The lowest BCUT2D eigenvalue weighted by molar-refractivity contribution is 0.104. The molecule has 0 aliphatic carbocycles. The molecule has 4 heteroatoms. The van der Waals surface area contributed by atoms with Crippen LogP contribution >= 0.6 is 23.2 Å². The molecule has 3 aromatic rings. The highest BCUT2D eigenvalue weighted by Gasteiger charge is 2.09. The third kappa shape index (κ3) is 2.87. The van der Waals surface area contributed by atoms with Gasteiger partial charge in [-0.25, -0.2) is 0 Å². The van der Waals surface area contributed by atoms with E-state index in [1.54, 1.807) is 30.5 Å². The topological polar surface area (TPSA) is 32.9 Å². The summed E-state index contributed by atoms with van der Waals surface area (Å²) in [5.41, 5.74) is 2.30. The van der Waals surface area contributed by atoms with Gasteiger partial charge in [0.05, 0.1) is 0 Å². The predicted molar refractivity (Wildman–Crippen MR) is 88.1 cm³/mol. The Kier molecular flexibility index (Phi) is 3.82. The summed E-state index contributed by atoms with van der Waals surface area (Å²) in [4.78, 5) is 15.4. The average Bonchev–Trinajstić information content (AvgIpc) is 2.92. The van der Waals surface area contributed by atoms with Crippen LogP contribution in [0.25, 0.3) is 17.0 Å². The smallest absolute Gasteiger partial charge is 0.188 e. The SMILES string of the molecule is O=C(/C=C/c1cc(Cl)ccc1Cl)c1c[nH]c2ccccc12. The average molecular weight is 316 g/mol. The summed E-state index contributed by atoms with van der Waals surface area (Å²) >= 11 is 12.0. The van der Waals surface area contributed by atoms with Crippen molar-refractivity contribution in [2.75, 3.05) is 0 Å². The molecule has 0 spiro atoms. The van der Waals surface area contributed by atoms with Gasteiger partial charge < -0.3 is 4.98 Å². The summed E-state index contributed by atoms with van der Waals surface area (Å²) < 4.78 is 0. The van der Waals surface area contributed by atoms with Crippen molar-refractivity contribution in [3.63, 3.8) is 0 Å². The van der Waals surface area contributed by atoms with E-state index in [-0.39, 0.29) is 5.78 Å². The molecule has 1 aromatic heterocycles. The molecule has 2 nitrogen and oxygen atoms in total. The number of aromatic amines is 1. The van der Waals surface area contributed by atoms with Crippen molar-refractivity contribution in [1.29, 1.82) is 0 Å². The second-order valence-corrected chi connectivity index (χ2v) is 5.45. The van der Waals surface area contributed by atoms with Crippen LogP contribution in [0.3, 0.4) is 0 Å².